The number of aromatic nitrogens is 4. The van der Waals surface area contributed by atoms with Crippen LogP contribution in [0.3, 0.4) is 0 Å². The van der Waals surface area contributed by atoms with Gasteiger partial charge in [0.05, 0.1) is 19.0 Å². The number of unbranched alkanes of at least 4 members (excludes halogenated alkanes) is 2. The Morgan fingerprint density at radius 2 is 2.22 bits per heavy atom. The van der Waals surface area contributed by atoms with Gasteiger partial charge >= 0.3 is 0 Å². The van der Waals surface area contributed by atoms with Crippen molar-refractivity contribution in [3.8, 4) is 5.88 Å². The average Bonchev–Trinajstić information content (AvgIpc) is 3.12. The molecular weight excluding hydrogens is 300 g/mol. The summed E-state index contributed by atoms with van der Waals surface area (Å²) in [6.07, 6.45) is 5.21. The quantitative estimate of drug-likeness (QED) is 0.742. The minimum absolute atomic E-state index is 0.164. The van der Waals surface area contributed by atoms with E-state index in [1.54, 1.807) is 10.9 Å². The van der Waals surface area contributed by atoms with E-state index in [4.69, 9.17) is 9.47 Å². The molecule has 1 aliphatic rings. The summed E-state index contributed by atoms with van der Waals surface area (Å²) < 4.78 is 13.2. The summed E-state index contributed by atoms with van der Waals surface area (Å²) in [4.78, 5) is 11.9. The number of aromatic hydroxyl groups is 1. The molecule has 3 heterocycles. The normalized spacial score (nSPS) is 24.5. The van der Waals surface area contributed by atoms with Gasteiger partial charge in [-0.25, -0.2) is 9.97 Å². The topological polar surface area (TPSA) is 103 Å². The number of imidazole rings is 1. The molecule has 0 amide bonds. The zero-order chi connectivity index (χ0) is 16.2. The maximum Gasteiger partial charge on any atom is 0.242 e. The summed E-state index contributed by atoms with van der Waals surface area (Å²) in [7, 11) is 0. The summed E-state index contributed by atoms with van der Waals surface area (Å²) in [6, 6.07) is 0. The van der Waals surface area contributed by atoms with Crippen molar-refractivity contribution in [2.45, 2.75) is 51.0 Å². The second-order valence-corrected chi connectivity index (χ2v) is 5.74. The van der Waals surface area contributed by atoms with Gasteiger partial charge in [-0.3, -0.25) is 4.57 Å². The summed E-state index contributed by atoms with van der Waals surface area (Å²) in [5.74, 6) is -0.164. The van der Waals surface area contributed by atoms with E-state index in [0.29, 0.717) is 30.8 Å². The van der Waals surface area contributed by atoms with Gasteiger partial charge in [-0.05, 0) is 6.42 Å². The first-order valence-corrected chi connectivity index (χ1v) is 7.98. The van der Waals surface area contributed by atoms with Crippen LogP contribution in [-0.2, 0) is 9.47 Å². The van der Waals surface area contributed by atoms with E-state index in [1.165, 1.54) is 6.33 Å². The number of hydrogen-bond donors (Lipinski definition) is 2. The van der Waals surface area contributed by atoms with Crippen LogP contribution in [-0.4, -0.2) is 55.2 Å². The van der Waals surface area contributed by atoms with Crippen LogP contribution in [0, 0.1) is 0 Å². The third kappa shape index (κ3) is 3.44. The first-order chi connectivity index (χ1) is 11.2. The third-order valence-electron chi connectivity index (χ3n) is 4.03. The number of nitrogens with zero attached hydrogens (tertiary/aromatic N) is 4. The van der Waals surface area contributed by atoms with Crippen molar-refractivity contribution >= 4 is 11.2 Å². The highest BCUT2D eigenvalue weighted by molar-refractivity contribution is 5.75. The molecule has 1 unspecified atom stereocenters. The summed E-state index contributed by atoms with van der Waals surface area (Å²) in [6.45, 7) is 3.19. The molecule has 0 aliphatic carbocycles. The number of rotatable bonds is 7. The Bertz CT molecular complexity index is 647. The van der Waals surface area contributed by atoms with E-state index >= 15 is 0 Å². The Labute approximate surface area is 134 Å². The average molecular weight is 322 g/mol. The number of ether oxygens (including phenoxy) is 2. The van der Waals surface area contributed by atoms with Crippen molar-refractivity contribution in [1.82, 2.24) is 19.5 Å². The second-order valence-electron chi connectivity index (χ2n) is 5.74. The molecule has 2 N–H and O–H groups in total. The summed E-state index contributed by atoms with van der Waals surface area (Å²) in [5, 5.41) is 19.8. The van der Waals surface area contributed by atoms with Crippen LogP contribution in [0.4, 0.5) is 0 Å². The molecule has 1 saturated heterocycles. The predicted octanol–water partition coefficient (Wildman–Crippen LogP) is 1.39. The standard InChI is InChI=1S/C15H22N4O4/c1-2-3-4-5-22-7-11-10(20)6-12(23-11)19-9-18-13-14(19)16-8-17-15(13)21/h8-12,20H,2-7H2,1H3,(H,16,17,21)/t10?,11-,12-/m1/s1. The molecule has 2 aromatic rings. The molecule has 0 radical (unpaired) electrons. The largest absolute Gasteiger partial charge is 0.492 e. The Morgan fingerprint density at radius 1 is 1.35 bits per heavy atom. The zero-order valence-electron chi connectivity index (χ0n) is 13.1. The van der Waals surface area contributed by atoms with Crippen LogP contribution < -0.4 is 0 Å². The molecule has 8 nitrogen and oxygen atoms in total. The monoisotopic (exact) mass is 322 g/mol. The predicted molar refractivity (Wildman–Crippen MR) is 81.9 cm³/mol. The van der Waals surface area contributed by atoms with Crippen LogP contribution in [0.1, 0.15) is 38.8 Å². The van der Waals surface area contributed by atoms with Crippen LogP contribution in [0.15, 0.2) is 12.7 Å². The Morgan fingerprint density at radius 3 is 3.04 bits per heavy atom. The van der Waals surface area contributed by atoms with Gasteiger partial charge in [0.25, 0.3) is 0 Å². The maximum absolute atomic E-state index is 10.2. The van der Waals surface area contributed by atoms with Gasteiger partial charge in [0.1, 0.15) is 18.7 Å². The minimum Gasteiger partial charge on any atom is -0.492 e. The fraction of sp³-hybridized carbons (Fsp3) is 0.667. The van der Waals surface area contributed by atoms with E-state index in [9.17, 15) is 10.2 Å². The molecule has 3 atom stereocenters. The van der Waals surface area contributed by atoms with Crippen molar-refractivity contribution in [3.05, 3.63) is 12.7 Å². The van der Waals surface area contributed by atoms with Crippen LogP contribution in [0.25, 0.3) is 11.2 Å². The highest BCUT2D eigenvalue weighted by Gasteiger charge is 2.36. The Hall–Kier alpha value is -1.77. The van der Waals surface area contributed by atoms with Gasteiger partial charge in [-0.1, -0.05) is 19.8 Å². The molecular formula is C15H22N4O4. The molecule has 126 valence electrons. The summed E-state index contributed by atoms with van der Waals surface area (Å²) in [5.41, 5.74) is 0.809. The van der Waals surface area contributed by atoms with Gasteiger partial charge in [0.2, 0.25) is 5.88 Å². The Balaban J connectivity index is 1.62. The molecule has 0 bridgehead atoms. The van der Waals surface area contributed by atoms with Crippen LogP contribution in [0.2, 0.25) is 0 Å². The molecule has 2 aromatic heterocycles. The van der Waals surface area contributed by atoms with E-state index in [0.717, 1.165) is 19.3 Å². The lowest BCUT2D eigenvalue weighted by Gasteiger charge is -2.15. The van der Waals surface area contributed by atoms with Crippen LogP contribution in [0.5, 0.6) is 5.88 Å². The number of aliphatic hydroxyl groups excluding tert-OH is 1. The lowest BCUT2D eigenvalue weighted by molar-refractivity contribution is -0.0616. The highest BCUT2D eigenvalue weighted by Crippen LogP contribution is 2.31. The third-order valence-corrected chi connectivity index (χ3v) is 4.03. The van der Waals surface area contributed by atoms with Gasteiger partial charge in [0, 0.05) is 13.0 Å². The van der Waals surface area contributed by atoms with Gasteiger partial charge in [-0.15, -0.1) is 0 Å². The van der Waals surface area contributed by atoms with Crippen molar-refractivity contribution in [2.24, 2.45) is 0 Å². The molecule has 0 aromatic carbocycles. The molecule has 0 saturated carbocycles. The SMILES string of the molecule is CCCCCOC[C@H]1O[C@@H](n2cnc3c(O)ncnc32)CC1O. The van der Waals surface area contributed by atoms with Crippen molar-refractivity contribution in [2.75, 3.05) is 13.2 Å². The van der Waals surface area contributed by atoms with E-state index in [-0.39, 0.29) is 18.2 Å². The number of fused-ring (bicyclic) bond motifs is 1. The first kappa shape index (κ1) is 16.1. The van der Waals surface area contributed by atoms with E-state index in [2.05, 4.69) is 21.9 Å². The highest BCUT2D eigenvalue weighted by atomic mass is 16.6. The maximum atomic E-state index is 10.2. The smallest absolute Gasteiger partial charge is 0.242 e. The van der Waals surface area contributed by atoms with E-state index in [1.807, 2.05) is 0 Å². The van der Waals surface area contributed by atoms with Crippen LogP contribution >= 0.6 is 0 Å². The van der Waals surface area contributed by atoms with Gasteiger partial charge < -0.3 is 19.7 Å². The molecule has 1 aliphatic heterocycles. The van der Waals surface area contributed by atoms with E-state index < -0.39 is 6.10 Å². The van der Waals surface area contributed by atoms with Gasteiger partial charge in [-0.2, -0.15) is 4.98 Å². The first-order valence-electron chi connectivity index (χ1n) is 7.98. The number of hydrogen-bond acceptors (Lipinski definition) is 7. The van der Waals surface area contributed by atoms with Crippen molar-refractivity contribution in [3.63, 3.8) is 0 Å². The van der Waals surface area contributed by atoms with Gasteiger partial charge in [0.15, 0.2) is 11.2 Å². The summed E-state index contributed by atoms with van der Waals surface area (Å²) >= 11 is 0. The molecule has 3 rings (SSSR count). The Kier molecular flexibility index (Phi) is 5.04. The lowest BCUT2D eigenvalue weighted by atomic mass is 10.2. The van der Waals surface area contributed by atoms with Crippen molar-refractivity contribution in [1.29, 1.82) is 0 Å². The molecule has 8 heteroatoms. The molecule has 23 heavy (non-hydrogen) atoms. The second kappa shape index (κ2) is 7.20. The lowest BCUT2D eigenvalue weighted by Crippen LogP contribution is -2.26. The minimum atomic E-state index is -0.598. The molecule has 0 spiro atoms. The van der Waals surface area contributed by atoms with Crippen molar-refractivity contribution < 1.29 is 19.7 Å². The fourth-order valence-electron chi connectivity index (χ4n) is 2.74. The number of aliphatic hydroxyl groups is 1. The fourth-order valence-corrected chi connectivity index (χ4v) is 2.74. The zero-order valence-corrected chi connectivity index (χ0v) is 13.1. The molecule has 1 fully saturated rings.